The zero-order chi connectivity index (χ0) is 14.8. The number of benzene rings is 1. The molecule has 1 aromatic carbocycles. The summed E-state index contributed by atoms with van der Waals surface area (Å²) < 4.78 is 0. The lowest BCUT2D eigenvalue weighted by Gasteiger charge is -2.28. The molecule has 0 aromatic heterocycles. The Bertz CT molecular complexity index is 532. The molecule has 3 N–H and O–H groups in total. The first-order valence-corrected chi connectivity index (χ1v) is 7.73. The Morgan fingerprint density at radius 3 is 2.95 bits per heavy atom. The second-order valence-corrected chi connectivity index (χ2v) is 6.07. The Kier molecular flexibility index (Phi) is 4.01. The number of anilines is 2. The van der Waals surface area contributed by atoms with Crippen molar-refractivity contribution in [2.75, 3.05) is 23.8 Å². The van der Waals surface area contributed by atoms with Crippen molar-refractivity contribution in [3.8, 4) is 0 Å². The standard InChI is InChI=1S/C16H23N3O2/c1-19-9-8-11-6-7-12(10-14(11)19)17-16(21)18-13-4-2-3-5-15(13)20/h6-7,10,13,15,20H,2-5,8-9H2,1H3,(H2,17,18,21). The topological polar surface area (TPSA) is 64.6 Å². The maximum Gasteiger partial charge on any atom is 0.319 e. The van der Waals surface area contributed by atoms with Crippen LogP contribution in [0.5, 0.6) is 0 Å². The van der Waals surface area contributed by atoms with Gasteiger partial charge in [-0.1, -0.05) is 18.9 Å². The molecule has 0 radical (unpaired) electrons. The molecule has 2 amide bonds. The van der Waals surface area contributed by atoms with E-state index in [1.54, 1.807) is 0 Å². The van der Waals surface area contributed by atoms with Gasteiger partial charge < -0.3 is 20.6 Å². The van der Waals surface area contributed by atoms with Crippen molar-refractivity contribution in [3.05, 3.63) is 23.8 Å². The molecule has 5 nitrogen and oxygen atoms in total. The van der Waals surface area contributed by atoms with Gasteiger partial charge in [0.15, 0.2) is 0 Å². The van der Waals surface area contributed by atoms with E-state index in [1.807, 2.05) is 12.1 Å². The minimum absolute atomic E-state index is 0.129. The van der Waals surface area contributed by atoms with Crippen molar-refractivity contribution in [3.63, 3.8) is 0 Å². The summed E-state index contributed by atoms with van der Waals surface area (Å²) in [5.74, 6) is 0. The molecule has 1 aliphatic heterocycles. The highest BCUT2D eigenvalue weighted by atomic mass is 16.3. The van der Waals surface area contributed by atoms with Crippen LogP contribution in [-0.4, -0.2) is 36.9 Å². The number of urea groups is 1. The van der Waals surface area contributed by atoms with Crippen molar-refractivity contribution in [2.24, 2.45) is 0 Å². The Hall–Kier alpha value is -1.75. The highest BCUT2D eigenvalue weighted by molar-refractivity contribution is 5.90. The molecule has 1 saturated carbocycles. The number of likely N-dealkylation sites (N-methyl/N-ethyl adjacent to an activating group) is 1. The summed E-state index contributed by atoms with van der Waals surface area (Å²) in [5.41, 5.74) is 3.31. The van der Waals surface area contributed by atoms with E-state index in [9.17, 15) is 9.90 Å². The predicted octanol–water partition coefficient (Wildman–Crippen LogP) is 2.10. The van der Waals surface area contributed by atoms with Crippen molar-refractivity contribution >= 4 is 17.4 Å². The zero-order valence-corrected chi connectivity index (χ0v) is 12.4. The Morgan fingerprint density at radius 1 is 1.33 bits per heavy atom. The lowest BCUT2D eigenvalue weighted by atomic mass is 9.93. The van der Waals surface area contributed by atoms with Crippen molar-refractivity contribution in [1.29, 1.82) is 0 Å². The monoisotopic (exact) mass is 289 g/mol. The van der Waals surface area contributed by atoms with Gasteiger partial charge in [-0.3, -0.25) is 0 Å². The van der Waals surface area contributed by atoms with Crippen LogP contribution in [0.1, 0.15) is 31.2 Å². The van der Waals surface area contributed by atoms with E-state index in [1.165, 1.54) is 11.3 Å². The molecule has 1 heterocycles. The third-order valence-electron chi connectivity index (χ3n) is 4.52. The highest BCUT2D eigenvalue weighted by Crippen LogP contribution is 2.29. The van der Waals surface area contributed by atoms with Crippen LogP contribution in [0.2, 0.25) is 0 Å². The summed E-state index contributed by atoms with van der Waals surface area (Å²) in [6.45, 7) is 1.03. The number of nitrogens with one attached hydrogen (secondary N) is 2. The number of hydrogen-bond acceptors (Lipinski definition) is 3. The normalized spacial score (nSPS) is 24.6. The van der Waals surface area contributed by atoms with Gasteiger partial charge in [0.05, 0.1) is 12.1 Å². The van der Waals surface area contributed by atoms with Gasteiger partial charge in [-0.15, -0.1) is 0 Å². The van der Waals surface area contributed by atoms with Gasteiger partial charge in [-0.25, -0.2) is 4.79 Å². The van der Waals surface area contributed by atoms with Gasteiger partial charge >= 0.3 is 6.03 Å². The number of aliphatic hydroxyl groups excluding tert-OH is 1. The first kappa shape index (κ1) is 14.2. The average Bonchev–Trinajstić information content (AvgIpc) is 2.83. The van der Waals surface area contributed by atoms with E-state index in [-0.39, 0.29) is 12.1 Å². The van der Waals surface area contributed by atoms with Crippen LogP contribution < -0.4 is 15.5 Å². The Morgan fingerprint density at radius 2 is 2.14 bits per heavy atom. The Balaban J connectivity index is 1.61. The van der Waals surface area contributed by atoms with E-state index in [4.69, 9.17) is 0 Å². The number of carbonyl (C=O) groups is 1. The zero-order valence-electron chi connectivity index (χ0n) is 12.4. The molecular formula is C16H23N3O2. The van der Waals surface area contributed by atoms with Gasteiger partial charge in [0.2, 0.25) is 0 Å². The van der Waals surface area contributed by atoms with Crippen molar-refractivity contribution in [2.45, 2.75) is 44.2 Å². The van der Waals surface area contributed by atoms with Gasteiger partial charge in [0, 0.05) is 25.0 Å². The number of carbonyl (C=O) groups excluding carboxylic acids is 1. The third kappa shape index (κ3) is 3.13. The lowest BCUT2D eigenvalue weighted by Crippen LogP contribution is -2.46. The summed E-state index contributed by atoms with van der Waals surface area (Å²) in [4.78, 5) is 14.3. The molecule has 2 unspecified atom stereocenters. The van der Waals surface area contributed by atoms with E-state index in [2.05, 4.69) is 28.6 Å². The van der Waals surface area contributed by atoms with Gasteiger partial charge in [0.25, 0.3) is 0 Å². The largest absolute Gasteiger partial charge is 0.391 e. The maximum absolute atomic E-state index is 12.1. The lowest BCUT2D eigenvalue weighted by molar-refractivity contribution is 0.0955. The molecule has 1 aliphatic carbocycles. The van der Waals surface area contributed by atoms with Crippen molar-refractivity contribution in [1.82, 2.24) is 5.32 Å². The molecule has 5 heteroatoms. The molecule has 114 valence electrons. The summed E-state index contributed by atoms with van der Waals surface area (Å²) in [6, 6.07) is 5.66. The minimum Gasteiger partial charge on any atom is -0.391 e. The number of amides is 2. The van der Waals surface area contributed by atoms with Crippen LogP contribution in [0, 0.1) is 0 Å². The number of fused-ring (bicyclic) bond motifs is 1. The fraction of sp³-hybridized carbons (Fsp3) is 0.562. The second-order valence-electron chi connectivity index (χ2n) is 6.07. The summed E-state index contributed by atoms with van der Waals surface area (Å²) in [5, 5.41) is 15.7. The van der Waals surface area contributed by atoms with E-state index >= 15 is 0 Å². The molecule has 21 heavy (non-hydrogen) atoms. The summed E-state index contributed by atoms with van der Waals surface area (Å²) >= 11 is 0. The van der Waals surface area contributed by atoms with Crippen LogP contribution in [0.25, 0.3) is 0 Å². The van der Waals surface area contributed by atoms with Crippen LogP contribution >= 0.6 is 0 Å². The molecule has 3 rings (SSSR count). The van der Waals surface area contributed by atoms with E-state index in [0.717, 1.165) is 44.3 Å². The van der Waals surface area contributed by atoms with E-state index < -0.39 is 6.10 Å². The summed E-state index contributed by atoms with van der Waals surface area (Å²) in [6.07, 6.45) is 4.36. The van der Waals surface area contributed by atoms with Crippen LogP contribution in [0.4, 0.5) is 16.2 Å². The third-order valence-corrected chi connectivity index (χ3v) is 4.52. The molecular weight excluding hydrogens is 266 g/mol. The molecule has 2 atom stereocenters. The fourth-order valence-electron chi connectivity index (χ4n) is 3.23. The van der Waals surface area contributed by atoms with Crippen LogP contribution in [0.15, 0.2) is 18.2 Å². The number of nitrogens with zero attached hydrogens (tertiary/aromatic N) is 1. The number of rotatable bonds is 2. The van der Waals surface area contributed by atoms with E-state index in [0.29, 0.717) is 0 Å². The first-order chi connectivity index (χ1) is 10.1. The molecule has 0 bridgehead atoms. The van der Waals surface area contributed by atoms with Gasteiger partial charge in [-0.05, 0) is 37.0 Å². The Labute approximate surface area is 125 Å². The maximum atomic E-state index is 12.1. The number of hydrogen-bond donors (Lipinski definition) is 3. The smallest absolute Gasteiger partial charge is 0.319 e. The second kappa shape index (κ2) is 5.93. The molecule has 2 aliphatic rings. The van der Waals surface area contributed by atoms with Crippen LogP contribution in [-0.2, 0) is 6.42 Å². The fourth-order valence-corrected chi connectivity index (χ4v) is 3.23. The van der Waals surface area contributed by atoms with Crippen molar-refractivity contribution < 1.29 is 9.90 Å². The van der Waals surface area contributed by atoms with Gasteiger partial charge in [-0.2, -0.15) is 0 Å². The highest BCUT2D eigenvalue weighted by Gasteiger charge is 2.24. The molecule has 0 saturated heterocycles. The predicted molar refractivity (Wildman–Crippen MR) is 83.8 cm³/mol. The molecule has 1 aromatic rings. The average molecular weight is 289 g/mol. The quantitative estimate of drug-likeness (QED) is 0.781. The summed E-state index contributed by atoms with van der Waals surface area (Å²) in [7, 11) is 2.06. The molecule has 1 fully saturated rings. The van der Waals surface area contributed by atoms with Crippen LogP contribution in [0.3, 0.4) is 0 Å². The molecule has 0 spiro atoms. The minimum atomic E-state index is -0.421. The first-order valence-electron chi connectivity index (χ1n) is 7.73. The number of aliphatic hydroxyl groups is 1. The SMILES string of the molecule is CN1CCc2ccc(NC(=O)NC3CCCCC3O)cc21. The van der Waals surface area contributed by atoms with Gasteiger partial charge in [0.1, 0.15) is 0 Å².